The third-order valence-electron chi connectivity index (χ3n) is 3.77. The molecule has 1 aromatic heterocycles. The van der Waals surface area contributed by atoms with Crippen molar-refractivity contribution in [2.24, 2.45) is 11.8 Å². The van der Waals surface area contributed by atoms with Crippen LogP contribution in [0, 0.1) is 11.8 Å². The molecule has 0 saturated heterocycles. The lowest BCUT2D eigenvalue weighted by atomic mass is 9.80. The van der Waals surface area contributed by atoms with Crippen molar-refractivity contribution in [1.82, 2.24) is 9.78 Å². The Hall–Kier alpha value is -1.12. The lowest BCUT2D eigenvalue weighted by Crippen LogP contribution is -2.22. The van der Waals surface area contributed by atoms with Crippen LogP contribution in [0.2, 0.25) is 0 Å². The molecule has 0 aromatic carbocycles. The fourth-order valence-electron chi connectivity index (χ4n) is 3.01. The monoisotopic (exact) mass is 234 g/mol. The van der Waals surface area contributed by atoms with Crippen molar-refractivity contribution < 1.29 is 4.79 Å². The van der Waals surface area contributed by atoms with Crippen LogP contribution >= 0.6 is 0 Å². The van der Waals surface area contributed by atoms with Crippen LogP contribution < -0.4 is 0 Å². The Labute approximate surface area is 103 Å². The molecular formula is C14H22N2O. The molecule has 0 N–H and O–H groups in total. The molecular weight excluding hydrogens is 212 g/mol. The summed E-state index contributed by atoms with van der Waals surface area (Å²) in [7, 11) is 0. The van der Waals surface area contributed by atoms with Gasteiger partial charge in [0.2, 0.25) is 0 Å². The number of hydrogen-bond acceptors (Lipinski definition) is 2. The van der Waals surface area contributed by atoms with E-state index < -0.39 is 0 Å². The summed E-state index contributed by atoms with van der Waals surface area (Å²) in [6, 6.07) is 0.479. The molecule has 1 saturated carbocycles. The molecule has 2 atom stereocenters. The molecule has 1 fully saturated rings. The molecule has 2 unspecified atom stereocenters. The van der Waals surface area contributed by atoms with Crippen LogP contribution in [-0.2, 0) is 0 Å². The highest BCUT2D eigenvalue weighted by molar-refractivity contribution is 5.95. The number of carbonyl (C=O) groups is 1. The van der Waals surface area contributed by atoms with E-state index in [2.05, 4.69) is 18.9 Å². The fraction of sp³-hybridized carbons (Fsp3) is 0.714. The predicted octanol–water partition coefficient (Wildman–Crippen LogP) is 3.47. The molecule has 2 rings (SSSR count). The average molecular weight is 234 g/mol. The summed E-state index contributed by atoms with van der Waals surface area (Å²) in [6.07, 6.45) is 7.90. The highest BCUT2D eigenvalue weighted by Gasteiger charge is 2.25. The second kappa shape index (κ2) is 5.03. The van der Waals surface area contributed by atoms with Crippen LogP contribution in [-0.4, -0.2) is 15.6 Å². The quantitative estimate of drug-likeness (QED) is 0.750. The normalized spacial score (nSPS) is 29.2. The maximum absolute atomic E-state index is 11.6. The third-order valence-corrected chi connectivity index (χ3v) is 3.77. The zero-order chi connectivity index (χ0) is 12.4. The van der Waals surface area contributed by atoms with E-state index in [0.29, 0.717) is 12.5 Å². The van der Waals surface area contributed by atoms with E-state index in [0.717, 1.165) is 17.4 Å². The van der Waals surface area contributed by atoms with Crippen molar-refractivity contribution in [3.05, 3.63) is 18.0 Å². The third kappa shape index (κ3) is 2.76. The number of rotatable bonds is 3. The van der Waals surface area contributed by atoms with Crippen molar-refractivity contribution in [2.45, 2.75) is 52.5 Å². The number of hydrogen-bond donors (Lipinski definition) is 0. The molecule has 1 aromatic rings. The van der Waals surface area contributed by atoms with Gasteiger partial charge in [0.05, 0.1) is 17.8 Å². The van der Waals surface area contributed by atoms with E-state index in [1.54, 1.807) is 6.20 Å². The van der Waals surface area contributed by atoms with E-state index in [4.69, 9.17) is 0 Å². The SMILES string of the molecule is CCC(=O)c1cnn(C2CC(C)CC(C)C2)c1. The smallest absolute Gasteiger partial charge is 0.165 e. The largest absolute Gasteiger partial charge is 0.294 e. The minimum absolute atomic E-state index is 0.188. The van der Waals surface area contributed by atoms with Crippen LogP contribution in [0.1, 0.15) is 62.9 Å². The lowest BCUT2D eigenvalue weighted by molar-refractivity contribution is 0.0988. The van der Waals surface area contributed by atoms with Crippen molar-refractivity contribution in [2.75, 3.05) is 0 Å². The summed E-state index contributed by atoms with van der Waals surface area (Å²) >= 11 is 0. The molecule has 1 heterocycles. The van der Waals surface area contributed by atoms with Gasteiger partial charge >= 0.3 is 0 Å². The molecule has 0 spiro atoms. The zero-order valence-electron chi connectivity index (χ0n) is 11.0. The second-order valence-corrected chi connectivity index (χ2v) is 5.56. The van der Waals surface area contributed by atoms with Crippen molar-refractivity contribution >= 4 is 5.78 Å². The first-order valence-electron chi connectivity index (χ1n) is 6.67. The van der Waals surface area contributed by atoms with Crippen molar-refractivity contribution in [1.29, 1.82) is 0 Å². The van der Waals surface area contributed by atoms with Crippen molar-refractivity contribution in [3.63, 3.8) is 0 Å². The molecule has 3 heteroatoms. The molecule has 17 heavy (non-hydrogen) atoms. The predicted molar refractivity (Wildman–Crippen MR) is 68.1 cm³/mol. The van der Waals surface area contributed by atoms with Crippen molar-refractivity contribution in [3.8, 4) is 0 Å². The lowest BCUT2D eigenvalue weighted by Gasteiger charge is -2.31. The Bertz CT molecular complexity index is 387. The molecule has 94 valence electrons. The first-order valence-corrected chi connectivity index (χ1v) is 6.67. The summed E-state index contributed by atoms with van der Waals surface area (Å²) in [5.74, 6) is 1.71. The van der Waals surface area contributed by atoms with E-state index in [-0.39, 0.29) is 5.78 Å². The Morgan fingerprint density at radius 2 is 2.00 bits per heavy atom. The standard InChI is InChI=1S/C14H22N2O/c1-4-14(17)12-8-15-16(9-12)13-6-10(2)5-11(3)7-13/h8-11,13H,4-7H2,1-3H3. The van der Waals surface area contributed by atoms with Gasteiger partial charge in [0, 0.05) is 12.6 Å². The summed E-state index contributed by atoms with van der Waals surface area (Å²) in [5, 5.41) is 4.37. The Kier molecular flexibility index (Phi) is 3.65. The topological polar surface area (TPSA) is 34.9 Å². The molecule has 3 nitrogen and oxygen atoms in total. The highest BCUT2D eigenvalue weighted by Crippen LogP contribution is 2.35. The van der Waals surface area contributed by atoms with E-state index in [1.165, 1.54) is 19.3 Å². The average Bonchev–Trinajstić information content (AvgIpc) is 2.76. The summed E-state index contributed by atoms with van der Waals surface area (Å²) in [6.45, 7) is 6.51. The fourth-order valence-corrected chi connectivity index (χ4v) is 3.01. The van der Waals surface area contributed by atoms with Gasteiger partial charge in [-0.25, -0.2) is 0 Å². The second-order valence-electron chi connectivity index (χ2n) is 5.56. The number of carbonyl (C=O) groups excluding carboxylic acids is 1. The van der Waals surface area contributed by atoms with Crippen LogP contribution in [0.25, 0.3) is 0 Å². The first kappa shape index (κ1) is 12.3. The van der Waals surface area contributed by atoms with Gasteiger partial charge in [-0.3, -0.25) is 9.48 Å². The molecule has 0 amide bonds. The van der Waals surface area contributed by atoms with Gasteiger partial charge in [0.25, 0.3) is 0 Å². The maximum Gasteiger partial charge on any atom is 0.165 e. The van der Waals surface area contributed by atoms with E-state index in [1.807, 2.05) is 17.8 Å². The maximum atomic E-state index is 11.6. The van der Waals surface area contributed by atoms with Gasteiger partial charge in [-0.1, -0.05) is 20.8 Å². The number of Topliss-reactive ketones (excluding diaryl/α,β-unsaturated/α-hetero) is 1. The molecule has 1 aliphatic rings. The molecule has 1 aliphatic carbocycles. The van der Waals surface area contributed by atoms with E-state index >= 15 is 0 Å². The van der Waals surface area contributed by atoms with Gasteiger partial charge in [-0.05, 0) is 31.1 Å². The highest BCUT2D eigenvalue weighted by atomic mass is 16.1. The molecule has 0 bridgehead atoms. The van der Waals surface area contributed by atoms with Gasteiger partial charge in [0.15, 0.2) is 5.78 Å². The summed E-state index contributed by atoms with van der Waals surface area (Å²) < 4.78 is 2.01. The Morgan fingerprint density at radius 1 is 1.35 bits per heavy atom. The van der Waals surface area contributed by atoms with Gasteiger partial charge in [0.1, 0.15) is 0 Å². The van der Waals surface area contributed by atoms with Gasteiger partial charge < -0.3 is 0 Å². The summed E-state index contributed by atoms with van der Waals surface area (Å²) in [4.78, 5) is 11.6. The first-order chi connectivity index (χ1) is 8.10. The van der Waals surface area contributed by atoms with Crippen LogP contribution in [0.4, 0.5) is 0 Å². The van der Waals surface area contributed by atoms with Gasteiger partial charge in [-0.2, -0.15) is 5.10 Å². The van der Waals surface area contributed by atoms with Gasteiger partial charge in [-0.15, -0.1) is 0 Å². The Morgan fingerprint density at radius 3 is 2.59 bits per heavy atom. The minimum Gasteiger partial charge on any atom is -0.294 e. The van der Waals surface area contributed by atoms with Crippen LogP contribution in [0.15, 0.2) is 12.4 Å². The van der Waals surface area contributed by atoms with Crippen LogP contribution in [0.5, 0.6) is 0 Å². The zero-order valence-corrected chi connectivity index (χ0v) is 11.0. The number of nitrogens with zero attached hydrogens (tertiary/aromatic N) is 2. The minimum atomic E-state index is 0.188. The van der Waals surface area contributed by atoms with Crippen LogP contribution in [0.3, 0.4) is 0 Å². The number of ketones is 1. The molecule has 0 aliphatic heterocycles. The number of aromatic nitrogens is 2. The van der Waals surface area contributed by atoms with E-state index in [9.17, 15) is 4.79 Å². The molecule has 0 radical (unpaired) electrons. The Balaban J connectivity index is 2.11. The summed E-state index contributed by atoms with van der Waals surface area (Å²) in [5.41, 5.74) is 0.762.